The molecule has 0 amide bonds. The maximum absolute atomic E-state index is 5.57. The number of rotatable bonds is 2. The van der Waals surface area contributed by atoms with Gasteiger partial charge in [-0.05, 0) is 13.3 Å². The quantitative estimate of drug-likeness (QED) is 0.567. The second kappa shape index (κ2) is 3.88. The van der Waals surface area contributed by atoms with Gasteiger partial charge in [0, 0.05) is 13.5 Å². The van der Waals surface area contributed by atoms with E-state index in [4.69, 9.17) is 9.47 Å². The summed E-state index contributed by atoms with van der Waals surface area (Å²) in [5.74, 6) is 0. The standard InChI is InChI=1S/C9H16O2/c1-4-8-6-9(10-3)5-7(2)11-8/h4,7-9H,1,5-6H2,2-3H3/t7-,8+,9-/m1/s1. The molecule has 0 radical (unpaired) electrons. The second-order valence-electron chi connectivity index (χ2n) is 3.05. The summed E-state index contributed by atoms with van der Waals surface area (Å²) in [4.78, 5) is 0. The maximum atomic E-state index is 5.57. The Morgan fingerprint density at radius 2 is 2.27 bits per heavy atom. The Morgan fingerprint density at radius 1 is 1.55 bits per heavy atom. The third-order valence-electron chi connectivity index (χ3n) is 2.09. The van der Waals surface area contributed by atoms with Gasteiger partial charge in [-0.1, -0.05) is 6.08 Å². The Kier molecular flexibility index (Phi) is 3.09. The molecule has 1 fully saturated rings. The first-order valence-corrected chi connectivity index (χ1v) is 4.07. The van der Waals surface area contributed by atoms with Crippen LogP contribution in [0.2, 0.25) is 0 Å². The number of ether oxygens (including phenoxy) is 2. The van der Waals surface area contributed by atoms with E-state index >= 15 is 0 Å². The molecule has 1 rings (SSSR count). The first kappa shape index (κ1) is 8.75. The van der Waals surface area contributed by atoms with E-state index in [1.165, 1.54) is 0 Å². The Morgan fingerprint density at radius 3 is 2.82 bits per heavy atom. The first-order chi connectivity index (χ1) is 5.26. The van der Waals surface area contributed by atoms with Crippen molar-refractivity contribution < 1.29 is 9.47 Å². The van der Waals surface area contributed by atoms with Gasteiger partial charge in [0.25, 0.3) is 0 Å². The normalized spacial score (nSPS) is 38.5. The predicted molar refractivity (Wildman–Crippen MR) is 44.6 cm³/mol. The summed E-state index contributed by atoms with van der Waals surface area (Å²) < 4.78 is 10.8. The van der Waals surface area contributed by atoms with Gasteiger partial charge in [0.1, 0.15) is 0 Å². The van der Waals surface area contributed by atoms with E-state index in [0.29, 0.717) is 12.2 Å². The zero-order valence-corrected chi connectivity index (χ0v) is 7.25. The van der Waals surface area contributed by atoms with E-state index in [0.717, 1.165) is 12.8 Å². The summed E-state index contributed by atoms with van der Waals surface area (Å²) in [6, 6.07) is 0. The van der Waals surface area contributed by atoms with E-state index in [2.05, 4.69) is 13.5 Å². The third-order valence-corrected chi connectivity index (χ3v) is 2.09. The number of methoxy groups -OCH3 is 1. The van der Waals surface area contributed by atoms with Crippen molar-refractivity contribution in [3.8, 4) is 0 Å². The Bertz CT molecular complexity index is 134. The lowest BCUT2D eigenvalue weighted by atomic mass is 10.0. The molecule has 0 aromatic carbocycles. The van der Waals surface area contributed by atoms with E-state index in [1.807, 2.05) is 6.08 Å². The zero-order chi connectivity index (χ0) is 8.27. The molecule has 1 heterocycles. The van der Waals surface area contributed by atoms with Crippen LogP contribution in [-0.2, 0) is 9.47 Å². The molecule has 1 aliphatic heterocycles. The second-order valence-corrected chi connectivity index (χ2v) is 3.05. The summed E-state index contributed by atoms with van der Waals surface area (Å²) in [6.45, 7) is 5.78. The fraction of sp³-hybridized carbons (Fsp3) is 0.778. The molecular formula is C9H16O2. The Hall–Kier alpha value is -0.340. The summed E-state index contributed by atoms with van der Waals surface area (Å²) in [5, 5.41) is 0. The average Bonchev–Trinajstić information content (AvgIpc) is 2.03. The molecule has 0 N–H and O–H groups in total. The summed E-state index contributed by atoms with van der Waals surface area (Å²) >= 11 is 0. The van der Waals surface area contributed by atoms with Crippen LogP contribution in [0.3, 0.4) is 0 Å². The molecule has 3 atom stereocenters. The lowest BCUT2D eigenvalue weighted by molar-refractivity contribution is -0.0798. The lowest BCUT2D eigenvalue weighted by Gasteiger charge is -2.31. The van der Waals surface area contributed by atoms with Gasteiger partial charge >= 0.3 is 0 Å². The molecular weight excluding hydrogens is 140 g/mol. The van der Waals surface area contributed by atoms with Crippen LogP contribution < -0.4 is 0 Å². The topological polar surface area (TPSA) is 18.5 Å². The fourth-order valence-electron chi connectivity index (χ4n) is 1.48. The van der Waals surface area contributed by atoms with E-state index < -0.39 is 0 Å². The molecule has 11 heavy (non-hydrogen) atoms. The molecule has 0 unspecified atom stereocenters. The smallest absolute Gasteiger partial charge is 0.0781 e. The van der Waals surface area contributed by atoms with E-state index in [9.17, 15) is 0 Å². The van der Waals surface area contributed by atoms with Crippen molar-refractivity contribution in [2.75, 3.05) is 7.11 Å². The van der Waals surface area contributed by atoms with Crippen molar-refractivity contribution in [3.05, 3.63) is 12.7 Å². The number of hydrogen-bond donors (Lipinski definition) is 0. The largest absolute Gasteiger partial charge is 0.381 e. The minimum Gasteiger partial charge on any atom is -0.381 e. The van der Waals surface area contributed by atoms with Crippen LogP contribution in [0.5, 0.6) is 0 Å². The Balaban J connectivity index is 2.43. The molecule has 0 aliphatic carbocycles. The fourth-order valence-corrected chi connectivity index (χ4v) is 1.48. The van der Waals surface area contributed by atoms with Gasteiger partial charge in [0.15, 0.2) is 0 Å². The lowest BCUT2D eigenvalue weighted by Crippen LogP contribution is -2.33. The van der Waals surface area contributed by atoms with Crippen LogP contribution in [0.15, 0.2) is 12.7 Å². The first-order valence-electron chi connectivity index (χ1n) is 4.07. The zero-order valence-electron chi connectivity index (χ0n) is 7.25. The SMILES string of the molecule is C=C[C@H]1C[C@H](OC)C[C@@H](C)O1. The van der Waals surface area contributed by atoms with Crippen molar-refractivity contribution in [3.63, 3.8) is 0 Å². The van der Waals surface area contributed by atoms with Gasteiger partial charge in [-0.2, -0.15) is 0 Å². The highest BCUT2D eigenvalue weighted by Crippen LogP contribution is 2.21. The third kappa shape index (κ3) is 2.31. The minimum absolute atomic E-state index is 0.184. The van der Waals surface area contributed by atoms with Gasteiger partial charge in [0.2, 0.25) is 0 Å². The molecule has 0 aromatic rings. The molecule has 1 saturated heterocycles. The highest BCUT2D eigenvalue weighted by Gasteiger charge is 2.24. The molecule has 0 spiro atoms. The van der Waals surface area contributed by atoms with E-state index in [1.54, 1.807) is 7.11 Å². The molecule has 0 bridgehead atoms. The van der Waals surface area contributed by atoms with Crippen molar-refractivity contribution in [1.29, 1.82) is 0 Å². The molecule has 0 saturated carbocycles. The highest BCUT2D eigenvalue weighted by molar-refractivity contribution is 4.87. The van der Waals surface area contributed by atoms with Crippen LogP contribution in [0, 0.1) is 0 Å². The van der Waals surface area contributed by atoms with Gasteiger partial charge in [-0.15, -0.1) is 6.58 Å². The van der Waals surface area contributed by atoms with E-state index in [-0.39, 0.29) is 6.10 Å². The van der Waals surface area contributed by atoms with Crippen LogP contribution in [0.25, 0.3) is 0 Å². The van der Waals surface area contributed by atoms with Crippen molar-refractivity contribution in [2.24, 2.45) is 0 Å². The van der Waals surface area contributed by atoms with Crippen LogP contribution >= 0.6 is 0 Å². The molecule has 1 aliphatic rings. The summed E-state index contributed by atoms with van der Waals surface area (Å²) in [7, 11) is 1.75. The summed E-state index contributed by atoms with van der Waals surface area (Å²) in [5.41, 5.74) is 0. The molecule has 2 heteroatoms. The molecule has 2 nitrogen and oxygen atoms in total. The van der Waals surface area contributed by atoms with Crippen LogP contribution in [0.1, 0.15) is 19.8 Å². The van der Waals surface area contributed by atoms with Gasteiger partial charge in [-0.3, -0.25) is 0 Å². The minimum atomic E-state index is 0.184. The predicted octanol–water partition coefficient (Wildman–Crippen LogP) is 1.75. The van der Waals surface area contributed by atoms with Crippen molar-refractivity contribution >= 4 is 0 Å². The van der Waals surface area contributed by atoms with Crippen LogP contribution in [0.4, 0.5) is 0 Å². The van der Waals surface area contributed by atoms with Crippen LogP contribution in [-0.4, -0.2) is 25.4 Å². The maximum Gasteiger partial charge on any atom is 0.0781 e. The van der Waals surface area contributed by atoms with Gasteiger partial charge in [-0.25, -0.2) is 0 Å². The highest BCUT2D eigenvalue weighted by atomic mass is 16.5. The van der Waals surface area contributed by atoms with Gasteiger partial charge < -0.3 is 9.47 Å². The van der Waals surface area contributed by atoms with Crippen molar-refractivity contribution in [1.82, 2.24) is 0 Å². The monoisotopic (exact) mass is 156 g/mol. The van der Waals surface area contributed by atoms with Crippen molar-refractivity contribution in [2.45, 2.75) is 38.1 Å². The Labute approximate surface area is 68.2 Å². The molecule has 0 aromatic heterocycles. The average molecular weight is 156 g/mol. The number of hydrogen-bond acceptors (Lipinski definition) is 2. The molecule has 64 valence electrons. The summed E-state index contributed by atoms with van der Waals surface area (Å²) in [6.07, 6.45) is 4.63. The van der Waals surface area contributed by atoms with Gasteiger partial charge in [0.05, 0.1) is 18.3 Å².